The molecule has 0 aliphatic heterocycles. The minimum absolute atomic E-state index is 0.168. The first-order valence-corrected chi connectivity index (χ1v) is 8.67. The van der Waals surface area contributed by atoms with Gasteiger partial charge in [-0.1, -0.05) is 23.7 Å². The number of benzene rings is 2. The SMILES string of the molecule is CC(C)Oc1cccc(CC(CN)c2c[nH]c3ccc(Cl)cc23)c1. The van der Waals surface area contributed by atoms with E-state index in [2.05, 4.69) is 17.1 Å². The molecule has 0 fully saturated rings. The van der Waals surface area contributed by atoms with E-state index in [0.29, 0.717) is 6.54 Å². The Balaban J connectivity index is 1.87. The van der Waals surface area contributed by atoms with Crippen LogP contribution < -0.4 is 10.5 Å². The third kappa shape index (κ3) is 3.74. The van der Waals surface area contributed by atoms with E-state index >= 15 is 0 Å². The van der Waals surface area contributed by atoms with Crippen LogP contribution in [0.2, 0.25) is 5.02 Å². The zero-order chi connectivity index (χ0) is 17.1. The molecule has 0 saturated carbocycles. The molecule has 0 aliphatic rings. The fraction of sp³-hybridized carbons (Fsp3) is 0.300. The maximum absolute atomic E-state index is 6.16. The van der Waals surface area contributed by atoms with Crippen molar-refractivity contribution < 1.29 is 4.74 Å². The van der Waals surface area contributed by atoms with Crippen LogP contribution in [-0.2, 0) is 6.42 Å². The summed E-state index contributed by atoms with van der Waals surface area (Å²) in [5.74, 6) is 1.13. The number of halogens is 1. The van der Waals surface area contributed by atoms with Crippen LogP contribution in [0.25, 0.3) is 10.9 Å². The van der Waals surface area contributed by atoms with Crippen LogP contribution in [0, 0.1) is 0 Å². The van der Waals surface area contributed by atoms with Gasteiger partial charge >= 0.3 is 0 Å². The summed E-state index contributed by atoms with van der Waals surface area (Å²) in [6.45, 7) is 4.64. The fourth-order valence-electron chi connectivity index (χ4n) is 3.07. The average molecular weight is 343 g/mol. The zero-order valence-electron chi connectivity index (χ0n) is 14.1. The van der Waals surface area contributed by atoms with Gasteiger partial charge in [-0.3, -0.25) is 0 Å². The highest BCUT2D eigenvalue weighted by atomic mass is 35.5. The predicted octanol–water partition coefficient (Wildman–Crippen LogP) is 4.89. The second-order valence-corrected chi connectivity index (χ2v) is 6.82. The van der Waals surface area contributed by atoms with E-state index in [9.17, 15) is 0 Å². The van der Waals surface area contributed by atoms with Gasteiger partial charge in [0.1, 0.15) is 5.75 Å². The van der Waals surface area contributed by atoms with Crippen LogP contribution in [0.4, 0.5) is 0 Å². The Hall–Kier alpha value is -1.97. The van der Waals surface area contributed by atoms with Crippen molar-refractivity contribution in [3.63, 3.8) is 0 Å². The molecule has 0 bridgehead atoms. The van der Waals surface area contributed by atoms with Gasteiger partial charge in [0.25, 0.3) is 0 Å². The monoisotopic (exact) mass is 342 g/mol. The molecule has 1 heterocycles. The van der Waals surface area contributed by atoms with Gasteiger partial charge in [-0.2, -0.15) is 0 Å². The highest BCUT2D eigenvalue weighted by molar-refractivity contribution is 6.31. The van der Waals surface area contributed by atoms with Crippen molar-refractivity contribution in [1.82, 2.24) is 4.98 Å². The van der Waals surface area contributed by atoms with Crippen molar-refractivity contribution in [2.75, 3.05) is 6.54 Å². The van der Waals surface area contributed by atoms with Gasteiger partial charge in [0.05, 0.1) is 6.10 Å². The van der Waals surface area contributed by atoms with Crippen LogP contribution in [0.15, 0.2) is 48.7 Å². The molecule has 0 aliphatic carbocycles. The molecule has 3 N–H and O–H groups in total. The number of hydrogen-bond donors (Lipinski definition) is 2. The largest absolute Gasteiger partial charge is 0.491 e. The van der Waals surface area contributed by atoms with Gasteiger partial charge in [-0.25, -0.2) is 0 Å². The molecular formula is C20H23ClN2O. The molecule has 3 aromatic rings. The van der Waals surface area contributed by atoms with E-state index in [1.165, 1.54) is 11.1 Å². The van der Waals surface area contributed by atoms with Gasteiger partial charge in [0.15, 0.2) is 0 Å². The van der Waals surface area contributed by atoms with Crippen molar-refractivity contribution in [3.8, 4) is 5.75 Å². The Morgan fingerprint density at radius 2 is 2.00 bits per heavy atom. The zero-order valence-corrected chi connectivity index (χ0v) is 14.8. The molecule has 2 aromatic carbocycles. The normalized spacial score (nSPS) is 12.7. The Morgan fingerprint density at radius 3 is 2.75 bits per heavy atom. The number of hydrogen-bond acceptors (Lipinski definition) is 2. The van der Waals surface area contributed by atoms with Gasteiger partial charge in [0, 0.05) is 28.0 Å². The Kier molecular flexibility index (Phi) is 5.12. The second kappa shape index (κ2) is 7.29. The molecular weight excluding hydrogens is 320 g/mol. The Labute approximate surface area is 147 Å². The summed E-state index contributed by atoms with van der Waals surface area (Å²) in [6.07, 6.45) is 3.08. The van der Waals surface area contributed by atoms with E-state index in [0.717, 1.165) is 28.1 Å². The minimum atomic E-state index is 0.168. The van der Waals surface area contributed by atoms with Crippen molar-refractivity contribution in [2.45, 2.75) is 32.3 Å². The molecule has 1 unspecified atom stereocenters. The first-order chi connectivity index (χ1) is 11.6. The number of nitrogens with two attached hydrogens (primary N) is 1. The molecule has 3 nitrogen and oxygen atoms in total. The molecule has 0 spiro atoms. The average Bonchev–Trinajstić information content (AvgIpc) is 2.95. The number of rotatable bonds is 6. The van der Waals surface area contributed by atoms with E-state index in [-0.39, 0.29) is 12.0 Å². The van der Waals surface area contributed by atoms with Crippen molar-refractivity contribution >= 4 is 22.5 Å². The van der Waals surface area contributed by atoms with Crippen LogP contribution >= 0.6 is 11.6 Å². The van der Waals surface area contributed by atoms with E-state index in [1.54, 1.807) is 0 Å². The molecule has 1 aromatic heterocycles. The van der Waals surface area contributed by atoms with E-state index in [1.807, 2.05) is 50.4 Å². The number of fused-ring (bicyclic) bond motifs is 1. The molecule has 0 amide bonds. The third-order valence-corrected chi connectivity index (χ3v) is 4.39. The standard InChI is InChI=1S/C20H23ClN2O/c1-13(2)24-17-5-3-4-14(9-17)8-15(11-22)19-12-23-20-7-6-16(21)10-18(19)20/h3-7,9-10,12-13,15,23H,8,11,22H2,1-2H3. The van der Waals surface area contributed by atoms with Gasteiger partial charge in [-0.15, -0.1) is 0 Å². The van der Waals surface area contributed by atoms with Crippen molar-refractivity contribution in [1.29, 1.82) is 0 Å². The number of H-pyrrole nitrogens is 1. The molecule has 1 atom stereocenters. The predicted molar refractivity (Wildman–Crippen MR) is 101 cm³/mol. The lowest BCUT2D eigenvalue weighted by atomic mass is 9.91. The number of aromatic nitrogens is 1. The summed E-state index contributed by atoms with van der Waals surface area (Å²) < 4.78 is 5.79. The number of ether oxygens (including phenoxy) is 1. The maximum atomic E-state index is 6.16. The Bertz CT molecular complexity index is 825. The van der Waals surface area contributed by atoms with Crippen molar-refractivity contribution in [3.05, 3.63) is 64.8 Å². The smallest absolute Gasteiger partial charge is 0.119 e. The van der Waals surface area contributed by atoms with Crippen molar-refractivity contribution in [2.24, 2.45) is 5.73 Å². The van der Waals surface area contributed by atoms with Crippen LogP contribution in [0.5, 0.6) is 5.75 Å². The molecule has 0 radical (unpaired) electrons. The fourth-order valence-corrected chi connectivity index (χ4v) is 3.25. The summed E-state index contributed by atoms with van der Waals surface area (Å²) in [5.41, 5.74) is 9.60. The maximum Gasteiger partial charge on any atom is 0.119 e. The van der Waals surface area contributed by atoms with Crippen LogP contribution in [0.1, 0.15) is 30.9 Å². The molecule has 126 valence electrons. The van der Waals surface area contributed by atoms with Gasteiger partial charge in [-0.05, 0) is 68.3 Å². The molecule has 4 heteroatoms. The third-order valence-electron chi connectivity index (χ3n) is 4.15. The molecule has 3 rings (SSSR count). The van der Waals surface area contributed by atoms with Gasteiger partial charge in [0.2, 0.25) is 0 Å². The summed E-state index contributed by atoms with van der Waals surface area (Å²) in [6, 6.07) is 14.2. The van der Waals surface area contributed by atoms with E-state index < -0.39 is 0 Å². The lowest BCUT2D eigenvalue weighted by Gasteiger charge is -2.16. The summed E-state index contributed by atoms with van der Waals surface area (Å²) in [5, 5.41) is 1.89. The first-order valence-electron chi connectivity index (χ1n) is 8.29. The lowest BCUT2D eigenvalue weighted by Crippen LogP contribution is -2.15. The minimum Gasteiger partial charge on any atom is -0.491 e. The van der Waals surface area contributed by atoms with Crippen LogP contribution in [-0.4, -0.2) is 17.6 Å². The van der Waals surface area contributed by atoms with Crippen LogP contribution in [0.3, 0.4) is 0 Å². The highest BCUT2D eigenvalue weighted by Crippen LogP contribution is 2.30. The summed E-state index contributed by atoms with van der Waals surface area (Å²) in [4.78, 5) is 3.31. The second-order valence-electron chi connectivity index (χ2n) is 6.38. The quantitative estimate of drug-likeness (QED) is 0.669. The molecule has 0 saturated heterocycles. The molecule has 24 heavy (non-hydrogen) atoms. The highest BCUT2D eigenvalue weighted by Gasteiger charge is 2.16. The first kappa shape index (κ1) is 16.9. The topological polar surface area (TPSA) is 51.0 Å². The summed E-state index contributed by atoms with van der Waals surface area (Å²) >= 11 is 6.16. The van der Waals surface area contributed by atoms with Gasteiger partial charge < -0.3 is 15.5 Å². The van der Waals surface area contributed by atoms with E-state index in [4.69, 9.17) is 22.1 Å². The number of aromatic amines is 1. The lowest BCUT2D eigenvalue weighted by molar-refractivity contribution is 0.242. The summed E-state index contributed by atoms with van der Waals surface area (Å²) in [7, 11) is 0. The Morgan fingerprint density at radius 1 is 1.17 bits per heavy atom. The number of nitrogens with one attached hydrogen (secondary N) is 1.